The quantitative estimate of drug-likeness (QED) is 0.578. The summed E-state index contributed by atoms with van der Waals surface area (Å²) in [4.78, 5) is 0. The number of aliphatic hydroxyl groups excluding tert-OH is 1. The molecule has 0 radical (unpaired) electrons. The Hall–Kier alpha value is -1.77. The van der Waals surface area contributed by atoms with Crippen molar-refractivity contribution in [3.05, 3.63) is 41.8 Å². The molecule has 1 heterocycles. The second-order valence-electron chi connectivity index (χ2n) is 3.54. The zero-order chi connectivity index (χ0) is 10.7. The second kappa shape index (κ2) is 4.17. The molecule has 3 heteroatoms. The summed E-state index contributed by atoms with van der Waals surface area (Å²) >= 11 is 0. The normalized spacial score (nSPS) is 17.2. The molecular weight excluding hydrogens is 190 g/mol. The third-order valence-corrected chi connectivity index (χ3v) is 2.46. The molecule has 1 aromatic carbocycles. The maximum absolute atomic E-state index is 11.8. The largest absolute Gasteiger partial charge is 0.865 e. The van der Waals surface area contributed by atoms with Crippen LogP contribution in [-0.4, -0.2) is 22.4 Å². The Balaban J connectivity index is 2.32. The fourth-order valence-corrected chi connectivity index (χ4v) is 1.64. The summed E-state index contributed by atoms with van der Waals surface area (Å²) in [6.45, 7) is 0.727. The van der Waals surface area contributed by atoms with E-state index >= 15 is 0 Å². The molecule has 1 aromatic rings. The second-order valence-corrected chi connectivity index (χ2v) is 3.54. The molecule has 1 N–H and O–H groups in total. The lowest BCUT2D eigenvalue weighted by Crippen LogP contribution is -2.16. The van der Waals surface area contributed by atoms with E-state index in [1.165, 1.54) is 0 Å². The molecule has 0 saturated heterocycles. The minimum atomic E-state index is -0.311. The number of nitrogens with zero attached hydrogens (tertiary/aromatic N) is 1. The maximum Gasteiger partial charge on any atom is 0.357 e. The van der Waals surface area contributed by atoms with Crippen LogP contribution in [0.4, 0.5) is 0 Å². The third-order valence-electron chi connectivity index (χ3n) is 2.46. The van der Waals surface area contributed by atoms with Gasteiger partial charge in [-0.05, 0) is 5.56 Å². The van der Waals surface area contributed by atoms with Gasteiger partial charge < -0.3 is 10.2 Å². The lowest BCUT2D eigenvalue weighted by molar-refractivity contribution is -0.499. The van der Waals surface area contributed by atoms with Gasteiger partial charge in [-0.25, -0.2) is 0 Å². The zero-order valence-electron chi connectivity index (χ0n) is 8.39. The fraction of sp³-hybridized carbons (Fsp3) is 0.250. The number of rotatable bonds is 2. The summed E-state index contributed by atoms with van der Waals surface area (Å²) in [6, 6.07) is 8.82. The molecule has 2 rings (SSSR count). The van der Waals surface area contributed by atoms with E-state index in [1.807, 2.05) is 12.3 Å². The van der Waals surface area contributed by atoms with Gasteiger partial charge in [-0.2, -0.15) is 4.58 Å². The lowest BCUT2D eigenvalue weighted by Gasteiger charge is -2.11. The molecule has 0 saturated carbocycles. The molecule has 0 fully saturated rings. The van der Waals surface area contributed by atoms with Gasteiger partial charge in [-0.3, -0.25) is 0 Å². The van der Waals surface area contributed by atoms with Crippen LogP contribution in [0.25, 0.3) is 5.76 Å². The van der Waals surface area contributed by atoms with Crippen molar-refractivity contribution in [3.8, 4) is 0 Å². The number of hydrogen-bond acceptors (Lipinski definition) is 2. The average Bonchev–Trinajstić information content (AvgIpc) is 2.82. The van der Waals surface area contributed by atoms with Crippen LogP contribution in [0.3, 0.4) is 0 Å². The molecule has 0 aliphatic carbocycles. The first-order chi connectivity index (χ1) is 7.29. The summed E-state index contributed by atoms with van der Waals surface area (Å²) in [5.74, 6) is -0.479. The first-order valence-corrected chi connectivity index (χ1v) is 5.04. The van der Waals surface area contributed by atoms with Crippen LogP contribution in [0.5, 0.6) is 0 Å². The Morgan fingerprint density at radius 3 is 2.60 bits per heavy atom. The van der Waals surface area contributed by atoms with Gasteiger partial charge in [0.25, 0.3) is 0 Å². The van der Waals surface area contributed by atoms with E-state index in [9.17, 15) is 10.2 Å². The van der Waals surface area contributed by atoms with Gasteiger partial charge in [0.2, 0.25) is 0 Å². The van der Waals surface area contributed by atoms with Crippen molar-refractivity contribution < 1.29 is 14.8 Å². The first kappa shape index (κ1) is 9.77. The smallest absolute Gasteiger partial charge is 0.357 e. The number of hydrogen-bond donors (Lipinski definition) is 1. The van der Waals surface area contributed by atoms with Crippen molar-refractivity contribution in [1.82, 2.24) is 0 Å². The molecule has 15 heavy (non-hydrogen) atoms. The standard InChI is InChI=1S/C12H13NO2/c14-11(10-6-2-1-3-7-10)12(15)13-8-4-5-9-13/h1-3,6-8H,4-5,9H2,(H-,14,15)/b12-11+. The van der Waals surface area contributed by atoms with E-state index in [4.69, 9.17) is 0 Å². The minimum Gasteiger partial charge on any atom is -0.865 e. The zero-order valence-corrected chi connectivity index (χ0v) is 8.39. The summed E-state index contributed by atoms with van der Waals surface area (Å²) in [5.41, 5.74) is 0.523. The molecular formula is C12H13NO2. The highest BCUT2D eigenvalue weighted by molar-refractivity contribution is 5.59. The molecule has 0 amide bonds. The molecule has 0 aromatic heterocycles. The average molecular weight is 203 g/mol. The number of benzene rings is 1. The van der Waals surface area contributed by atoms with E-state index in [1.54, 1.807) is 28.8 Å². The van der Waals surface area contributed by atoms with Gasteiger partial charge >= 0.3 is 5.88 Å². The Morgan fingerprint density at radius 2 is 2.00 bits per heavy atom. The Bertz CT molecular complexity index is 407. The van der Waals surface area contributed by atoms with Crippen LogP contribution in [0.15, 0.2) is 36.2 Å². The Kier molecular flexibility index (Phi) is 2.72. The minimum absolute atomic E-state index is 0.168. The van der Waals surface area contributed by atoms with Crippen LogP contribution < -0.4 is 5.11 Å². The highest BCUT2D eigenvalue weighted by atomic mass is 16.3. The highest BCUT2D eigenvalue weighted by Crippen LogP contribution is 2.13. The van der Waals surface area contributed by atoms with Crippen LogP contribution in [0, 0.1) is 0 Å². The van der Waals surface area contributed by atoms with Gasteiger partial charge in [0.15, 0.2) is 6.54 Å². The maximum atomic E-state index is 11.8. The molecule has 0 spiro atoms. The van der Waals surface area contributed by atoms with E-state index in [0.717, 1.165) is 19.4 Å². The van der Waals surface area contributed by atoms with Crippen LogP contribution >= 0.6 is 0 Å². The van der Waals surface area contributed by atoms with E-state index in [-0.39, 0.29) is 11.6 Å². The van der Waals surface area contributed by atoms with E-state index < -0.39 is 0 Å². The fourth-order valence-electron chi connectivity index (χ4n) is 1.64. The molecule has 0 bridgehead atoms. The Labute approximate surface area is 88.6 Å². The predicted molar refractivity (Wildman–Crippen MR) is 56.4 cm³/mol. The van der Waals surface area contributed by atoms with Crippen molar-refractivity contribution in [2.75, 3.05) is 6.54 Å². The van der Waals surface area contributed by atoms with Crippen molar-refractivity contribution in [2.45, 2.75) is 12.8 Å². The predicted octanol–water partition coefficient (Wildman–Crippen LogP) is 1.11. The summed E-state index contributed by atoms with van der Waals surface area (Å²) in [6.07, 6.45) is 3.77. The Morgan fingerprint density at radius 1 is 1.27 bits per heavy atom. The SMILES string of the molecule is [O-]/C(=C(/O)[N+]1=CCCC1)c1ccccc1. The van der Waals surface area contributed by atoms with Crippen LogP contribution in [0.2, 0.25) is 0 Å². The van der Waals surface area contributed by atoms with Crippen molar-refractivity contribution in [1.29, 1.82) is 0 Å². The van der Waals surface area contributed by atoms with Crippen molar-refractivity contribution in [3.63, 3.8) is 0 Å². The highest BCUT2D eigenvalue weighted by Gasteiger charge is 2.17. The van der Waals surface area contributed by atoms with Gasteiger partial charge in [0, 0.05) is 18.6 Å². The van der Waals surface area contributed by atoms with Crippen molar-refractivity contribution in [2.24, 2.45) is 0 Å². The van der Waals surface area contributed by atoms with Gasteiger partial charge in [0.1, 0.15) is 6.21 Å². The van der Waals surface area contributed by atoms with E-state index in [0.29, 0.717) is 5.56 Å². The molecule has 0 unspecified atom stereocenters. The monoisotopic (exact) mass is 203 g/mol. The van der Waals surface area contributed by atoms with Gasteiger partial charge in [-0.1, -0.05) is 30.3 Å². The number of aliphatic hydroxyl groups is 1. The van der Waals surface area contributed by atoms with Gasteiger partial charge in [0.05, 0.1) is 0 Å². The third kappa shape index (κ3) is 2.01. The lowest BCUT2D eigenvalue weighted by atomic mass is 10.2. The topological polar surface area (TPSA) is 46.3 Å². The summed E-state index contributed by atoms with van der Waals surface area (Å²) in [7, 11) is 0. The first-order valence-electron chi connectivity index (χ1n) is 5.04. The van der Waals surface area contributed by atoms with E-state index in [2.05, 4.69) is 0 Å². The molecule has 0 atom stereocenters. The molecule has 1 aliphatic heterocycles. The van der Waals surface area contributed by atoms with Crippen molar-refractivity contribution >= 4 is 12.0 Å². The molecule has 1 aliphatic rings. The van der Waals surface area contributed by atoms with Crippen LogP contribution in [-0.2, 0) is 0 Å². The van der Waals surface area contributed by atoms with Gasteiger partial charge in [-0.15, -0.1) is 0 Å². The van der Waals surface area contributed by atoms with Crippen LogP contribution in [0.1, 0.15) is 18.4 Å². The summed E-state index contributed by atoms with van der Waals surface area (Å²) in [5, 5.41) is 21.5. The molecule has 78 valence electrons. The summed E-state index contributed by atoms with van der Waals surface area (Å²) < 4.78 is 1.62. The molecule has 3 nitrogen and oxygen atoms in total.